The Kier molecular flexibility index (Phi) is 27.6. The Morgan fingerprint density at radius 1 is 1.75 bits per heavy atom. The van der Waals surface area contributed by atoms with Crippen molar-refractivity contribution in [3.63, 3.8) is 0 Å². The predicted octanol–water partition coefficient (Wildman–Crippen LogP) is 0.147. The van der Waals surface area contributed by atoms with Crippen LogP contribution in [0.15, 0.2) is 12.8 Å². The molecule has 1 nitrogen and oxygen atoms in total. The van der Waals surface area contributed by atoms with E-state index in [-0.39, 0.29) is 9.90 Å². The summed E-state index contributed by atoms with van der Waals surface area (Å²) in [7, 11) is 0. The minimum absolute atomic E-state index is 0. The molecule has 2 heteroatoms. The van der Waals surface area contributed by atoms with Crippen molar-refractivity contribution in [1.82, 2.24) is 0 Å². The second-order valence-corrected chi connectivity index (χ2v) is 0.236. The molecule has 0 aromatic heterocycles. The Bertz CT molecular complexity index is 13.5. The molecule has 0 aliphatic carbocycles. The van der Waals surface area contributed by atoms with Crippen LogP contribution in [-0.2, 0) is 0 Å². The lowest BCUT2D eigenvalue weighted by Crippen LogP contribution is -1.67. The van der Waals surface area contributed by atoms with E-state index in [4.69, 9.17) is 0 Å². The van der Waals surface area contributed by atoms with Crippen molar-refractivity contribution in [2.45, 2.75) is 0 Å². The number of hydrogen-bond donors (Lipinski definition) is 1. The Balaban J connectivity index is 0. The average Bonchev–Trinajstić information content (AvgIpc) is 0.918. The van der Waals surface area contributed by atoms with Gasteiger partial charge in [-0.25, -0.2) is 0 Å². The third-order valence-corrected chi connectivity index (χ3v) is 0. The van der Waals surface area contributed by atoms with Gasteiger partial charge in [0.2, 0.25) is 0 Å². The standard InChI is InChI=1S/C2H5N.H3P/c1-2-3;/h2H,1,3H2;1H3. The Morgan fingerprint density at radius 2 is 1.75 bits per heavy atom. The molecule has 0 aromatic carbocycles. The van der Waals surface area contributed by atoms with Crippen LogP contribution in [0.5, 0.6) is 0 Å². The second-order valence-electron chi connectivity index (χ2n) is 0.236. The molecule has 0 heterocycles. The van der Waals surface area contributed by atoms with Crippen molar-refractivity contribution < 1.29 is 0 Å². The summed E-state index contributed by atoms with van der Waals surface area (Å²) in [6.07, 6.45) is 1.25. The third-order valence-electron chi connectivity index (χ3n) is 0. The van der Waals surface area contributed by atoms with E-state index >= 15 is 0 Å². The zero-order chi connectivity index (χ0) is 2.71. The molecule has 0 saturated heterocycles. The minimum atomic E-state index is 0. The van der Waals surface area contributed by atoms with Crippen molar-refractivity contribution in [1.29, 1.82) is 0 Å². The molecule has 0 bridgehead atoms. The van der Waals surface area contributed by atoms with Crippen LogP contribution in [0, 0.1) is 0 Å². The fourth-order valence-electron chi connectivity index (χ4n) is 0. The highest BCUT2D eigenvalue weighted by Crippen LogP contribution is 1.13. The second kappa shape index (κ2) is 12.3. The Labute approximate surface area is 29.5 Å². The first-order valence-corrected chi connectivity index (χ1v) is 0.742. The van der Waals surface area contributed by atoms with Gasteiger partial charge in [0.1, 0.15) is 0 Å². The van der Waals surface area contributed by atoms with E-state index in [0.717, 1.165) is 0 Å². The number of hydrogen-bond acceptors (Lipinski definition) is 1. The topological polar surface area (TPSA) is 26.0 Å². The van der Waals surface area contributed by atoms with Crippen LogP contribution in [0.25, 0.3) is 0 Å². The molecule has 0 spiro atoms. The maximum Gasteiger partial charge on any atom is -0.0136 e. The number of rotatable bonds is 0. The monoisotopic (exact) mass is 77.0 g/mol. The van der Waals surface area contributed by atoms with Crippen LogP contribution in [0.2, 0.25) is 0 Å². The smallest absolute Gasteiger partial charge is 0.0136 e. The first-order chi connectivity index (χ1) is 1.41. The predicted molar refractivity (Wildman–Crippen MR) is 25.5 cm³/mol. The molecular formula is C2H8NP. The van der Waals surface area contributed by atoms with Gasteiger partial charge in [0.25, 0.3) is 0 Å². The van der Waals surface area contributed by atoms with E-state index in [1.54, 1.807) is 0 Å². The van der Waals surface area contributed by atoms with Crippen LogP contribution in [0.1, 0.15) is 0 Å². The molecule has 4 heavy (non-hydrogen) atoms. The van der Waals surface area contributed by atoms with Crippen LogP contribution in [0.4, 0.5) is 0 Å². The van der Waals surface area contributed by atoms with Crippen LogP contribution >= 0.6 is 9.90 Å². The highest BCUT2D eigenvalue weighted by Gasteiger charge is 1.09. The number of nitrogens with two attached hydrogens (primary N) is 1. The van der Waals surface area contributed by atoms with Crippen LogP contribution in [0.3, 0.4) is 0 Å². The summed E-state index contributed by atoms with van der Waals surface area (Å²) < 4.78 is 0. The van der Waals surface area contributed by atoms with Gasteiger partial charge >= 0.3 is 0 Å². The third kappa shape index (κ3) is 2060. The summed E-state index contributed by atoms with van der Waals surface area (Å²) in [5.41, 5.74) is 4.61. The molecule has 26 valence electrons. The first kappa shape index (κ1) is 9.02. The summed E-state index contributed by atoms with van der Waals surface area (Å²) >= 11 is 0. The van der Waals surface area contributed by atoms with Gasteiger partial charge in [-0.15, -0.1) is 0 Å². The van der Waals surface area contributed by atoms with E-state index in [9.17, 15) is 0 Å². The molecule has 2 N–H and O–H groups in total. The van der Waals surface area contributed by atoms with E-state index in [2.05, 4.69) is 12.3 Å². The lowest BCUT2D eigenvalue weighted by atomic mass is 11.1. The van der Waals surface area contributed by atoms with Gasteiger partial charge < -0.3 is 5.73 Å². The SMILES string of the molecule is C=CN.P. The molecule has 1 atom stereocenters. The molecule has 0 fully saturated rings. The molecule has 0 rings (SSSR count). The van der Waals surface area contributed by atoms with Gasteiger partial charge in [0.15, 0.2) is 0 Å². The lowest BCUT2D eigenvalue weighted by molar-refractivity contribution is 1.64. The molecular weight excluding hydrogens is 69.0 g/mol. The summed E-state index contributed by atoms with van der Waals surface area (Å²) in [5, 5.41) is 0. The molecule has 0 saturated carbocycles. The maximum atomic E-state index is 4.61. The van der Waals surface area contributed by atoms with Crippen LogP contribution in [-0.4, -0.2) is 0 Å². The average molecular weight is 77.1 g/mol. The molecule has 0 aliphatic rings. The Hall–Kier alpha value is -0.0300. The summed E-state index contributed by atoms with van der Waals surface area (Å²) in [5.74, 6) is 0. The molecule has 1 unspecified atom stereocenters. The van der Waals surface area contributed by atoms with Crippen molar-refractivity contribution in [3.05, 3.63) is 12.8 Å². The molecule has 0 aliphatic heterocycles. The lowest BCUT2D eigenvalue weighted by Gasteiger charge is -1.40. The van der Waals surface area contributed by atoms with Crippen molar-refractivity contribution >= 4 is 9.90 Å². The van der Waals surface area contributed by atoms with E-state index < -0.39 is 0 Å². The van der Waals surface area contributed by atoms with Gasteiger partial charge in [-0.05, 0) is 6.20 Å². The molecule has 0 aromatic rings. The first-order valence-electron chi connectivity index (χ1n) is 0.742. The maximum absolute atomic E-state index is 4.61. The molecule has 0 radical (unpaired) electrons. The van der Waals surface area contributed by atoms with Gasteiger partial charge in [-0.1, -0.05) is 6.58 Å². The minimum Gasteiger partial charge on any atom is -0.405 e. The largest absolute Gasteiger partial charge is 0.405 e. The highest BCUT2D eigenvalue weighted by molar-refractivity contribution is 6.92. The fourth-order valence-corrected chi connectivity index (χ4v) is 0. The normalized spacial score (nSPS) is 3.00. The molecule has 0 amide bonds. The Morgan fingerprint density at radius 3 is 1.75 bits per heavy atom. The van der Waals surface area contributed by atoms with Gasteiger partial charge in [-0.3, -0.25) is 0 Å². The van der Waals surface area contributed by atoms with E-state index in [0.29, 0.717) is 0 Å². The highest BCUT2D eigenvalue weighted by atomic mass is 31.0. The van der Waals surface area contributed by atoms with E-state index in [1.165, 1.54) is 6.20 Å². The quantitative estimate of drug-likeness (QED) is 0.409. The summed E-state index contributed by atoms with van der Waals surface area (Å²) in [6.45, 7) is 3.14. The van der Waals surface area contributed by atoms with Crippen LogP contribution < -0.4 is 5.73 Å². The zero-order valence-electron chi connectivity index (χ0n) is 2.57. The van der Waals surface area contributed by atoms with Gasteiger partial charge in [0, 0.05) is 0 Å². The van der Waals surface area contributed by atoms with Crippen molar-refractivity contribution in [2.24, 2.45) is 5.73 Å². The zero-order valence-corrected chi connectivity index (χ0v) is 3.98. The van der Waals surface area contributed by atoms with Crippen molar-refractivity contribution in [3.8, 4) is 0 Å². The van der Waals surface area contributed by atoms with Crippen molar-refractivity contribution in [2.75, 3.05) is 0 Å². The fraction of sp³-hybridized carbons (Fsp3) is 0. The van der Waals surface area contributed by atoms with Gasteiger partial charge in [-0.2, -0.15) is 9.90 Å². The van der Waals surface area contributed by atoms with Gasteiger partial charge in [0.05, 0.1) is 0 Å². The van der Waals surface area contributed by atoms with E-state index in [1.807, 2.05) is 0 Å². The summed E-state index contributed by atoms with van der Waals surface area (Å²) in [6, 6.07) is 0. The summed E-state index contributed by atoms with van der Waals surface area (Å²) in [4.78, 5) is 0.